The molecule has 0 aliphatic heterocycles. The summed E-state index contributed by atoms with van der Waals surface area (Å²) in [6.07, 6.45) is 2.25. The molecule has 1 heterocycles. The van der Waals surface area contributed by atoms with Crippen molar-refractivity contribution in [2.45, 2.75) is 32.9 Å². The smallest absolute Gasteiger partial charge is 0.291 e. The fraction of sp³-hybridized carbons (Fsp3) is 0.357. The largest absolute Gasteiger partial charge is 0.329 e. The summed E-state index contributed by atoms with van der Waals surface area (Å²) in [6.45, 7) is 4.68. The molecule has 0 aliphatic carbocycles. The molecule has 0 fully saturated rings. The Labute approximate surface area is 112 Å². The molecule has 1 N–H and O–H groups in total. The van der Waals surface area contributed by atoms with Crippen molar-refractivity contribution in [2.24, 2.45) is 0 Å². The Kier molecular flexibility index (Phi) is 4.28. The van der Waals surface area contributed by atoms with Gasteiger partial charge in [0.25, 0.3) is 5.91 Å². The molecule has 1 atom stereocenters. The Morgan fingerprint density at radius 3 is 2.68 bits per heavy atom. The van der Waals surface area contributed by atoms with E-state index in [4.69, 9.17) is 0 Å². The quantitative estimate of drug-likeness (QED) is 0.894. The third kappa shape index (κ3) is 3.19. The van der Waals surface area contributed by atoms with Crippen LogP contribution >= 0.6 is 0 Å². The molecule has 2 aromatic rings. The zero-order valence-electron chi connectivity index (χ0n) is 11.2. The molecule has 100 valence electrons. The maximum absolute atomic E-state index is 12.4. The third-order valence-corrected chi connectivity index (χ3v) is 3.20. The van der Waals surface area contributed by atoms with E-state index in [1.54, 1.807) is 0 Å². The number of hydrogen-bond donors (Lipinski definition) is 1. The van der Waals surface area contributed by atoms with E-state index in [1.807, 2.05) is 42.2 Å². The van der Waals surface area contributed by atoms with Crippen LogP contribution in [0.1, 0.15) is 36.5 Å². The molecule has 0 aliphatic rings. The Morgan fingerprint density at radius 2 is 2.11 bits per heavy atom. The molecule has 0 spiro atoms. The van der Waals surface area contributed by atoms with Crippen molar-refractivity contribution in [1.82, 2.24) is 20.1 Å². The topological polar surface area (TPSA) is 61.9 Å². The maximum Gasteiger partial charge on any atom is 0.291 e. The summed E-state index contributed by atoms with van der Waals surface area (Å²) >= 11 is 0. The highest BCUT2D eigenvalue weighted by Crippen LogP contribution is 2.13. The minimum absolute atomic E-state index is 0.115. The average Bonchev–Trinajstić information content (AvgIpc) is 2.98. The summed E-state index contributed by atoms with van der Waals surface area (Å²) in [5.74, 6) is 0.173. The SMILES string of the molecule is CCC(C)N(Cc1ccccc1)C(=O)c1ncn[nH]1. The van der Waals surface area contributed by atoms with Crippen LogP contribution in [0, 0.1) is 0 Å². The van der Waals surface area contributed by atoms with Crippen molar-refractivity contribution in [2.75, 3.05) is 0 Å². The molecule has 0 bridgehead atoms. The first-order valence-electron chi connectivity index (χ1n) is 6.42. The van der Waals surface area contributed by atoms with E-state index in [0.29, 0.717) is 6.54 Å². The molecule has 0 saturated carbocycles. The second-order valence-corrected chi connectivity index (χ2v) is 4.51. The van der Waals surface area contributed by atoms with E-state index < -0.39 is 0 Å². The van der Waals surface area contributed by atoms with Crippen LogP contribution < -0.4 is 0 Å². The van der Waals surface area contributed by atoms with Gasteiger partial charge in [0, 0.05) is 12.6 Å². The van der Waals surface area contributed by atoms with Gasteiger partial charge in [0.05, 0.1) is 0 Å². The van der Waals surface area contributed by atoms with Crippen LogP contribution in [0.15, 0.2) is 36.7 Å². The van der Waals surface area contributed by atoms with Gasteiger partial charge in [-0.1, -0.05) is 37.3 Å². The summed E-state index contributed by atoms with van der Waals surface area (Å²) in [6, 6.07) is 10.1. The van der Waals surface area contributed by atoms with Gasteiger partial charge in [-0.2, -0.15) is 5.10 Å². The lowest BCUT2D eigenvalue weighted by molar-refractivity contribution is 0.0659. The van der Waals surface area contributed by atoms with E-state index in [2.05, 4.69) is 22.1 Å². The second-order valence-electron chi connectivity index (χ2n) is 4.51. The highest BCUT2D eigenvalue weighted by molar-refractivity contribution is 5.90. The fourth-order valence-electron chi connectivity index (χ4n) is 1.87. The first-order chi connectivity index (χ1) is 9.22. The van der Waals surface area contributed by atoms with Gasteiger partial charge in [0.1, 0.15) is 6.33 Å². The molecule has 0 radical (unpaired) electrons. The Balaban J connectivity index is 2.19. The van der Waals surface area contributed by atoms with Gasteiger partial charge >= 0.3 is 0 Å². The minimum atomic E-state index is -0.115. The van der Waals surface area contributed by atoms with Crippen LogP contribution in [-0.4, -0.2) is 32.0 Å². The molecule has 2 rings (SSSR count). The van der Waals surface area contributed by atoms with Gasteiger partial charge in [-0.15, -0.1) is 0 Å². The lowest BCUT2D eigenvalue weighted by Gasteiger charge is -2.27. The molecule has 19 heavy (non-hydrogen) atoms. The average molecular weight is 258 g/mol. The Morgan fingerprint density at radius 1 is 1.37 bits per heavy atom. The highest BCUT2D eigenvalue weighted by atomic mass is 16.2. The Hall–Kier alpha value is -2.17. The van der Waals surface area contributed by atoms with Gasteiger partial charge in [-0.05, 0) is 18.9 Å². The van der Waals surface area contributed by atoms with Crippen LogP contribution in [0.4, 0.5) is 0 Å². The van der Waals surface area contributed by atoms with Gasteiger partial charge < -0.3 is 4.90 Å². The molecule has 1 aromatic carbocycles. The first-order valence-corrected chi connectivity index (χ1v) is 6.42. The van der Waals surface area contributed by atoms with Crippen LogP contribution in [0.2, 0.25) is 0 Å². The summed E-state index contributed by atoms with van der Waals surface area (Å²) < 4.78 is 0. The van der Waals surface area contributed by atoms with Crippen LogP contribution in [-0.2, 0) is 6.54 Å². The second kappa shape index (κ2) is 6.13. The standard InChI is InChI=1S/C14H18N4O/c1-3-11(2)18(9-12-7-5-4-6-8-12)14(19)13-15-10-16-17-13/h4-8,10-11H,3,9H2,1-2H3,(H,15,16,17). The summed E-state index contributed by atoms with van der Waals surface area (Å²) in [5.41, 5.74) is 1.11. The monoisotopic (exact) mass is 258 g/mol. The van der Waals surface area contributed by atoms with Crippen LogP contribution in [0.25, 0.3) is 0 Å². The number of carbonyl (C=O) groups excluding carboxylic acids is 1. The number of hydrogen-bond acceptors (Lipinski definition) is 3. The van der Waals surface area contributed by atoms with Crippen molar-refractivity contribution in [3.8, 4) is 0 Å². The molecule has 1 aromatic heterocycles. The number of benzene rings is 1. The molecule has 0 saturated heterocycles. The van der Waals surface area contributed by atoms with E-state index in [-0.39, 0.29) is 17.8 Å². The summed E-state index contributed by atoms with van der Waals surface area (Å²) in [4.78, 5) is 18.2. The zero-order chi connectivity index (χ0) is 13.7. The fourth-order valence-corrected chi connectivity index (χ4v) is 1.87. The van der Waals surface area contributed by atoms with Crippen molar-refractivity contribution >= 4 is 5.91 Å². The number of nitrogens with one attached hydrogen (secondary N) is 1. The van der Waals surface area contributed by atoms with E-state index in [1.165, 1.54) is 6.33 Å². The molecule has 1 amide bonds. The van der Waals surface area contributed by atoms with Gasteiger partial charge in [-0.3, -0.25) is 9.89 Å². The van der Waals surface area contributed by atoms with Gasteiger partial charge in [-0.25, -0.2) is 4.98 Å². The predicted octanol–water partition coefficient (Wildman–Crippen LogP) is 2.25. The van der Waals surface area contributed by atoms with Crippen LogP contribution in [0.5, 0.6) is 0 Å². The number of amides is 1. The van der Waals surface area contributed by atoms with Crippen molar-refractivity contribution in [1.29, 1.82) is 0 Å². The number of aromatic amines is 1. The van der Waals surface area contributed by atoms with E-state index in [9.17, 15) is 4.79 Å². The zero-order valence-corrected chi connectivity index (χ0v) is 11.2. The highest BCUT2D eigenvalue weighted by Gasteiger charge is 2.22. The van der Waals surface area contributed by atoms with E-state index >= 15 is 0 Å². The molecule has 5 nitrogen and oxygen atoms in total. The predicted molar refractivity (Wildman–Crippen MR) is 72.5 cm³/mol. The minimum Gasteiger partial charge on any atom is -0.329 e. The lowest BCUT2D eigenvalue weighted by atomic mass is 10.1. The number of rotatable bonds is 5. The lowest BCUT2D eigenvalue weighted by Crippen LogP contribution is -2.38. The summed E-state index contributed by atoms with van der Waals surface area (Å²) in [5, 5.41) is 6.36. The van der Waals surface area contributed by atoms with Crippen molar-refractivity contribution < 1.29 is 4.79 Å². The third-order valence-electron chi connectivity index (χ3n) is 3.20. The summed E-state index contributed by atoms with van der Waals surface area (Å²) in [7, 11) is 0. The molecule has 5 heteroatoms. The normalized spacial score (nSPS) is 12.1. The van der Waals surface area contributed by atoms with Crippen molar-refractivity contribution in [3.63, 3.8) is 0 Å². The first kappa shape index (κ1) is 13.3. The number of H-pyrrole nitrogens is 1. The van der Waals surface area contributed by atoms with E-state index in [0.717, 1.165) is 12.0 Å². The maximum atomic E-state index is 12.4. The number of nitrogens with zero attached hydrogens (tertiary/aromatic N) is 3. The number of aromatic nitrogens is 3. The van der Waals surface area contributed by atoms with Crippen LogP contribution in [0.3, 0.4) is 0 Å². The van der Waals surface area contributed by atoms with Gasteiger partial charge in [0.2, 0.25) is 5.82 Å². The molecule has 1 unspecified atom stereocenters. The number of carbonyl (C=O) groups is 1. The van der Waals surface area contributed by atoms with Crippen molar-refractivity contribution in [3.05, 3.63) is 48.0 Å². The molecular formula is C14H18N4O. The Bertz CT molecular complexity index is 510. The van der Waals surface area contributed by atoms with Gasteiger partial charge in [0.15, 0.2) is 0 Å². The molecular weight excluding hydrogens is 240 g/mol.